The number of nitrogens with zero attached hydrogens (tertiary/aromatic N) is 2. The second-order valence-corrected chi connectivity index (χ2v) is 4.20. The zero-order valence-corrected chi connectivity index (χ0v) is 10.4. The minimum absolute atomic E-state index is 0.0852. The van der Waals surface area contributed by atoms with Gasteiger partial charge in [-0.1, -0.05) is 12.1 Å². The predicted octanol–water partition coefficient (Wildman–Crippen LogP) is 0.520. The van der Waals surface area contributed by atoms with Crippen molar-refractivity contribution in [2.24, 2.45) is 0 Å². The number of carboxylic acids is 1. The largest absolute Gasteiger partial charge is 0.480 e. The smallest absolute Gasteiger partial charge is 0.328 e. The number of nitro benzene ring substituents is 1. The molecule has 0 aromatic heterocycles. The first-order valence-corrected chi connectivity index (χ1v) is 5.87. The number of aliphatic carboxylic acids is 1. The molecule has 1 atom stereocenters. The van der Waals surface area contributed by atoms with Crippen LogP contribution in [0.5, 0.6) is 0 Å². The number of ether oxygens (including phenoxy) is 1. The lowest BCUT2D eigenvalue weighted by molar-refractivity contribution is -0.385. The van der Waals surface area contributed by atoms with E-state index in [1.54, 1.807) is 0 Å². The Morgan fingerprint density at radius 3 is 2.75 bits per heavy atom. The summed E-state index contributed by atoms with van der Waals surface area (Å²) in [6, 6.07) is 4.34. The van der Waals surface area contributed by atoms with Gasteiger partial charge in [-0.3, -0.25) is 14.9 Å². The minimum atomic E-state index is -1.20. The fourth-order valence-corrected chi connectivity index (χ4v) is 2.02. The monoisotopic (exact) mass is 280 g/mol. The van der Waals surface area contributed by atoms with E-state index >= 15 is 0 Å². The van der Waals surface area contributed by atoms with Gasteiger partial charge in [0.2, 0.25) is 0 Å². The highest BCUT2D eigenvalue weighted by Gasteiger charge is 2.35. The number of morpholine rings is 1. The lowest BCUT2D eigenvalue weighted by Gasteiger charge is -2.32. The summed E-state index contributed by atoms with van der Waals surface area (Å²) in [5.74, 6) is -1.87. The van der Waals surface area contributed by atoms with E-state index in [2.05, 4.69) is 0 Å². The minimum Gasteiger partial charge on any atom is -0.480 e. The van der Waals surface area contributed by atoms with Crippen molar-refractivity contribution >= 4 is 17.6 Å². The van der Waals surface area contributed by atoms with Crippen LogP contribution in [0.15, 0.2) is 24.3 Å². The van der Waals surface area contributed by atoms with Crippen molar-refractivity contribution in [3.8, 4) is 0 Å². The number of para-hydroxylation sites is 1. The SMILES string of the molecule is O=C(O)C1COCCN1C(=O)c1ccccc1[N+](=O)[O-]. The predicted molar refractivity (Wildman–Crippen MR) is 66.4 cm³/mol. The molecule has 2 rings (SSSR count). The van der Waals surface area contributed by atoms with Gasteiger partial charge in [0.05, 0.1) is 18.1 Å². The Hall–Kier alpha value is -2.48. The number of carbonyl (C=O) groups excluding carboxylic acids is 1. The van der Waals surface area contributed by atoms with Crippen LogP contribution in [0, 0.1) is 10.1 Å². The number of nitro groups is 1. The first-order chi connectivity index (χ1) is 9.52. The van der Waals surface area contributed by atoms with Gasteiger partial charge >= 0.3 is 5.97 Å². The van der Waals surface area contributed by atoms with E-state index in [0.717, 1.165) is 4.90 Å². The first-order valence-electron chi connectivity index (χ1n) is 5.87. The van der Waals surface area contributed by atoms with Gasteiger partial charge in [-0.05, 0) is 6.07 Å². The summed E-state index contributed by atoms with van der Waals surface area (Å²) < 4.78 is 5.03. The van der Waals surface area contributed by atoms with Gasteiger partial charge in [-0.15, -0.1) is 0 Å². The Balaban J connectivity index is 2.35. The third-order valence-corrected chi connectivity index (χ3v) is 3.01. The molecule has 0 bridgehead atoms. The van der Waals surface area contributed by atoms with Crippen LogP contribution in [0.1, 0.15) is 10.4 Å². The number of amides is 1. The number of carboxylic acid groups (broad SMARTS) is 1. The molecule has 106 valence electrons. The average molecular weight is 280 g/mol. The second-order valence-electron chi connectivity index (χ2n) is 4.20. The maximum atomic E-state index is 12.3. The van der Waals surface area contributed by atoms with Gasteiger partial charge in [0.25, 0.3) is 11.6 Å². The van der Waals surface area contributed by atoms with Crippen molar-refractivity contribution in [3.63, 3.8) is 0 Å². The maximum Gasteiger partial charge on any atom is 0.328 e. The van der Waals surface area contributed by atoms with E-state index in [9.17, 15) is 19.7 Å². The van der Waals surface area contributed by atoms with Crippen LogP contribution in [0.3, 0.4) is 0 Å². The van der Waals surface area contributed by atoms with Crippen LogP contribution in [-0.2, 0) is 9.53 Å². The number of hydrogen-bond acceptors (Lipinski definition) is 5. The standard InChI is InChI=1S/C12H12N2O6/c15-11(8-3-1-2-4-9(8)14(18)19)13-5-6-20-7-10(13)12(16)17/h1-4,10H,5-7H2,(H,16,17). The van der Waals surface area contributed by atoms with Crippen molar-refractivity contribution in [1.29, 1.82) is 0 Å². The van der Waals surface area contributed by atoms with Crippen LogP contribution in [0.4, 0.5) is 5.69 Å². The summed E-state index contributed by atoms with van der Waals surface area (Å²) in [5.41, 5.74) is -0.459. The average Bonchev–Trinajstić information content (AvgIpc) is 2.46. The highest BCUT2D eigenvalue weighted by molar-refractivity contribution is 6.00. The number of benzene rings is 1. The lowest BCUT2D eigenvalue weighted by Crippen LogP contribution is -2.52. The van der Waals surface area contributed by atoms with Gasteiger partial charge < -0.3 is 14.7 Å². The molecule has 0 radical (unpaired) electrons. The number of hydrogen-bond donors (Lipinski definition) is 1. The molecular weight excluding hydrogens is 268 g/mol. The molecular formula is C12H12N2O6. The maximum absolute atomic E-state index is 12.3. The van der Waals surface area contributed by atoms with Gasteiger partial charge in [0.15, 0.2) is 6.04 Å². The molecule has 20 heavy (non-hydrogen) atoms. The van der Waals surface area contributed by atoms with Gasteiger partial charge in [-0.2, -0.15) is 0 Å². The summed E-state index contributed by atoms with van der Waals surface area (Å²) >= 11 is 0. The van der Waals surface area contributed by atoms with Crippen molar-refractivity contribution in [2.45, 2.75) is 6.04 Å². The molecule has 1 unspecified atom stereocenters. The van der Waals surface area contributed by atoms with Crippen LogP contribution in [0.25, 0.3) is 0 Å². The lowest BCUT2D eigenvalue weighted by atomic mass is 10.1. The third-order valence-electron chi connectivity index (χ3n) is 3.01. The van der Waals surface area contributed by atoms with Gasteiger partial charge in [0, 0.05) is 12.6 Å². The molecule has 8 heteroatoms. The number of carbonyl (C=O) groups is 2. The van der Waals surface area contributed by atoms with Crippen molar-refractivity contribution < 1.29 is 24.4 Å². The van der Waals surface area contributed by atoms with E-state index in [1.807, 2.05) is 0 Å². The summed E-state index contributed by atoms with van der Waals surface area (Å²) in [5, 5.41) is 20.0. The van der Waals surface area contributed by atoms with E-state index < -0.39 is 22.8 Å². The van der Waals surface area contributed by atoms with Crippen molar-refractivity contribution in [2.75, 3.05) is 19.8 Å². The van der Waals surface area contributed by atoms with E-state index in [0.29, 0.717) is 0 Å². The van der Waals surface area contributed by atoms with E-state index in [-0.39, 0.29) is 31.0 Å². The van der Waals surface area contributed by atoms with E-state index in [4.69, 9.17) is 9.84 Å². The summed E-state index contributed by atoms with van der Waals surface area (Å²) in [7, 11) is 0. The summed E-state index contributed by atoms with van der Waals surface area (Å²) in [4.78, 5) is 34.8. The topological polar surface area (TPSA) is 110 Å². The van der Waals surface area contributed by atoms with Crippen LogP contribution in [-0.4, -0.2) is 52.6 Å². The molecule has 1 fully saturated rings. The summed E-state index contributed by atoms with van der Waals surface area (Å²) in [6.07, 6.45) is 0. The molecule has 1 aromatic rings. The number of rotatable bonds is 3. The fourth-order valence-electron chi connectivity index (χ4n) is 2.02. The molecule has 1 aliphatic heterocycles. The first kappa shape index (κ1) is 13.9. The second kappa shape index (κ2) is 5.66. The highest BCUT2D eigenvalue weighted by Crippen LogP contribution is 2.21. The Labute approximate surface area is 113 Å². The summed E-state index contributed by atoms with van der Waals surface area (Å²) in [6.45, 7) is 0.166. The molecule has 1 saturated heterocycles. The van der Waals surface area contributed by atoms with Gasteiger partial charge in [-0.25, -0.2) is 4.79 Å². The molecule has 1 amide bonds. The van der Waals surface area contributed by atoms with E-state index in [1.165, 1.54) is 24.3 Å². The molecule has 0 spiro atoms. The van der Waals surface area contributed by atoms with Gasteiger partial charge in [0.1, 0.15) is 5.56 Å². The molecule has 0 aliphatic carbocycles. The third kappa shape index (κ3) is 2.59. The molecule has 1 aromatic carbocycles. The highest BCUT2D eigenvalue weighted by atomic mass is 16.6. The van der Waals surface area contributed by atoms with Crippen molar-refractivity contribution in [1.82, 2.24) is 4.90 Å². The normalized spacial score (nSPS) is 18.6. The zero-order valence-electron chi connectivity index (χ0n) is 10.4. The Kier molecular flexibility index (Phi) is 3.94. The van der Waals surface area contributed by atoms with Crippen LogP contribution in [0.2, 0.25) is 0 Å². The molecule has 8 nitrogen and oxygen atoms in total. The fraction of sp³-hybridized carbons (Fsp3) is 0.333. The zero-order chi connectivity index (χ0) is 14.7. The molecule has 0 saturated carbocycles. The Morgan fingerprint density at radius 2 is 2.10 bits per heavy atom. The quantitative estimate of drug-likeness (QED) is 0.638. The molecule has 1 aliphatic rings. The molecule has 1 N–H and O–H groups in total. The molecule has 1 heterocycles. The Morgan fingerprint density at radius 1 is 1.40 bits per heavy atom. The van der Waals surface area contributed by atoms with Crippen LogP contribution >= 0.6 is 0 Å². The van der Waals surface area contributed by atoms with Crippen molar-refractivity contribution in [3.05, 3.63) is 39.9 Å². The van der Waals surface area contributed by atoms with Crippen LogP contribution < -0.4 is 0 Å². The Bertz CT molecular complexity index is 559.